The molecular weight excluding hydrogens is 698 g/mol. The summed E-state index contributed by atoms with van der Waals surface area (Å²) in [6, 6.07) is 16.3. The van der Waals surface area contributed by atoms with Gasteiger partial charge in [-0.2, -0.15) is 0 Å². The molecule has 1 aliphatic carbocycles. The van der Waals surface area contributed by atoms with Gasteiger partial charge in [0.25, 0.3) is 0 Å². The SMILES string of the molecule is CCCCCCOCC1(COCCCCCC)Cc2c(/c(=c3/ccc(=C(C#N)C#N)[se]3)s/c2=c2/ccc(=C(C#N)C#N)[se]2)C1. The molecule has 0 radical (unpaired) electrons. The monoisotopic (exact) mass is 738 g/mol. The number of hydrogen-bond acceptors (Lipinski definition) is 7. The maximum absolute atomic E-state index is 9.48. The van der Waals surface area contributed by atoms with Crippen molar-refractivity contribution in [3.05, 3.63) is 60.8 Å². The predicted molar refractivity (Wildman–Crippen MR) is 175 cm³/mol. The molecule has 3 aromatic heterocycles. The minimum atomic E-state index is -0.157. The molecule has 0 N–H and O–H groups in total. The molecule has 3 heterocycles. The van der Waals surface area contributed by atoms with Gasteiger partial charge in [-0.1, -0.05) is 13.8 Å². The van der Waals surface area contributed by atoms with E-state index >= 15 is 0 Å². The zero-order valence-electron chi connectivity index (χ0n) is 25.5. The number of nitrogens with zero attached hydrogens (tertiary/aromatic N) is 4. The van der Waals surface area contributed by atoms with E-state index in [0.29, 0.717) is 13.2 Å². The van der Waals surface area contributed by atoms with E-state index in [1.54, 1.807) is 11.3 Å². The Balaban J connectivity index is 1.84. The Kier molecular flexibility index (Phi) is 13.3. The first kappa shape index (κ1) is 34.2. The Morgan fingerprint density at radius 3 is 1.50 bits per heavy atom. The van der Waals surface area contributed by atoms with Gasteiger partial charge in [-0.25, -0.2) is 0 Å². The Hall–Kier alpha value is -2.68. The van der Waals surface area contributed by atoms with Gasteiger partial charge in [-0.3, -0.25) is 0 Å². The van der Waals surface area contributed by atoms with Crippen molar-refractivity contribution < 1.29 is 9.47 Å². The van der Waals surface area contributed by atoms with Crippen LogP contribution in [0.15, 0.2) is 24.3 Å². The van der Waals surface area contributed by atoms with Gasteiger partial charge in [0.2, 0.25) is 0 Å². The van der Waals surface area contributed by atoms with Crippen molar-refractivity contribution in [1.29, 1.82) is 21.0 Å². The third-order valence-corrected chi connectivity index (χ3v) is 14.5. The van der Waals surface area contributed by atoms with E-state index in [1.165, 1.54) is 66.9 Å². The van der Waals surface area contributed by atoms with Crippen molar-refractivity contribution in [3.63, 3.8) is 0 Å². The van der Waals surface area contributed by atoms with E-state index in [1.807, 2.05) is 12.1 Å². The van der Waals surface area contributed by atoms with E-state index in [0.717, 1.165) is 47.1 Å². The molecule has 1 aliphatic rings. The van der Waals surface area contributed by atoms with Crippen LogP contribution >= 0.6 is 11.3 Å². The number of hydrogen-bond donors (Lipinski definition) is 0. The van der Waals surface area contributed by atoms with Crippen LogP contribution in [0.2, 0.25) is 0 Å². The zero-order chi connectivity index (χ0) is 31.4. The fraction of sp³-hybridized carbons (Fsp3) is 0.486. The molecule has 44 heavy (non-hydrogen) atoms. The van der Waals surface area contributed by atoms with E-state index in [-0.39, 0.29) is 45.6 Å². The van der Waals surface area contributed by atoms with Gasteiger partial charge in [0, 0.05) is 0 Å². The average Bonchev–Trinajstić information content (AvgIpc) is 3.83. The Bertz CT molecular complexity index is 1760. The molecule has 0 atom stereocenters. The molecule has 9 heteroatoms. The van der Waals surface area contributed by atoms with Gasteiger partial charge in [0.1, 0.15) is 0 Å². The molecule has 0 saturated heterocycles. The summed E-state index contributed by atoms with van der Waals surface area (Å²) in [5, 5.41) is 37.9. The van der Waals surface area contributed by atoms with E-state index in [2.05, 4.69) is 50.3 Å². The second-order valence-corrected chi connectivity index (χ2v) is 16.9. The molecule has 4 rings (SSSR count). The van der Waals surface area contributed by atoms with Gasteiger partial charge >= 0.3 is 263 Å². The van der Waals surface area contributed by atoms with Crippen LogP contribution in [0.4, 0.5) is 0 Å². The molecule has 0 aliphatic heterocycles. The summed E-state index contributed by atoms with van der Waals surface area (Å²) in [6.45, 7) is 7.26. The van der Waals surface area contributed by atoms with Crippen LogP contribution in [0, 0.1) is 68.0 Å². The number of fused-ring (bicyclic) bond motifs is 1. The predicted octanol–water partition coefficient (Wildman–Crippen LogP) is 5.11. The van der Waals surface area contributed by atoms with E-state index < -0.39 is 0 Å². The van der Waals surface area contributed by atoms with E-state index in [4.69, 9.17) is 9.47 Å². The average molecular weight is 737 g/mol. The fourth-order valence-electron chi connectivity index (χ4n) is 5.63. The third-order valence-electron chi connectivity index (χ3n) is 7.92. The molecule has 0 unspecified atom stereocenters. The summed E-state index contributed by atoms with van der Waals surface area (Å²) in [5.41, 5.74) is 2.90. The normalized spacial score (nSPS) is 14.7. The van der Waals surface area contributed by atoms with Gasteiger partial charge in [0.15, 0.2) is 0 Å². The molecule has 0 spiro atoms. The van der Waals surface area contributed by atoms with Crippen molar-refractivity contribution in [2.75, 3.05) is 26.4 Å². The zero-order valence-corrected chi connectivity index (χ0v) is 29.8. The van der Waals surface area contributed by atoms with Crippen LogP contribution in [0.25, 0.3) is 11.1 Å². The summed E-state index contributed by atoms with van der Waals surface area (Å²) in [7, 11) is 0. The Morgan fingerprint density at radius 2 is 1.11 bits per heavy atom. The summed E-state index contributed by atoms with van der Waals surface area (Å²) in [5.74, 6) is 0. The minimum absolute atomic E-state index is 0.130. The second-order valence-electron chi connectivity index (χ2n) is 11.3. The van der Waals surface area contributed by atoms with Crippen LogP contribution in [-0.2, 0) is 22.3 Å². The molecule has 0 amide bonds. The molecule has 228 valence electrons. The van der Waals surface area contributed by atoms with Gasteiger partial charge in [-0.15, -0.1) is 0 Å². The standard InChI is InChI=1S/C35H38N4O2SSe2/c1-3-5-7-9-15-40-23-35(24-41-16-10-8-6-4-2)17-27-28(18-35)34(32-14-12-30(44-32)26(21-38)22-39)42-33(27)31-13-11-29(43-31)25(19-36)20-37/h11-14H,3-10,15-18,23-24H2,1-2H3/b33-31-,34-32+. The first-order valence-electron chi connectivity index (χ1n) is 15.4. The molecule has 0 bridgehead atoms. The van der Waals surface area contributed by atoms with Crippen LogP contribution in [-0.4, -0.2) is 55.4 Å². The van der Waals surface area contributed by atoms with Crippen LogP contribution in [0.1, 0.15) is 76.3 Å². The van der Waals surface area contributed by atoms with Gasteiger partial charge < -0.3 is 0 Å². The first-order chi connectivity index (χ1) is 21.5. The number of ether oxygens (including phenoxy) is 2. The molecule has 0 aromatic carbocycles. The van der Waals surface area contributed by atoms with Crippen molar-refractivity contribution >= 4 is 51.5 Å². The molecule has 3 aromatic rings. The van der Waals surface area contributed by atoms with Crippen molar-refractivity contribution in [2.45, 2.75) is 78.1 Å². The molecule has 0 fully saturated rings. The quantitative estimate of drug-likeness (QED) is 0.168. The van der Waals surface area contributed by atoms with Crippen LogP contribution in [0.5, 0.6) is 0 Å². The van der Waals surface area contributed by atoms with Crippen LogP contribution in [0.3, 0.4) is 0 Å². The summed E-state index contributed by atoms with van der Waals surface area (Å²) in [4.78, 5) is 0. The van der Waals surface area contributed by atoms with E-state index in [9.17, 15) is 21.0 Å². The Morgan fingerprint density at radius 1 is 0.682 bits per heavy atom. The number of nitriles is 4. The molecular formula is C35H38N4O2SSe2. The number of unbranched alkanes of at least 4 members (excludes halogenated alkanes) is 6. The topological polar surface area (TPSA) is 114 Å². The number of rotatable bonds is 14. The van der Waals surface area contributed by atoms with Crippen molar-refractivity contribution in [2.24, 2.45) is 5.41 Å². The van der Waals surface area contributed by atoms with Gasteiger partial charge in [0.05, 0.1) is 0 Å². The van der Waals surface area contributed by atoms with Gasteiger partial charge in [-0.05, 0) is 0 Å². The second kappa shape index (κ2) is 17.1. The van der Waals surface area contributed by atoms with Crippen molar-refractivity contribution in [3.8, 4) is 24.3 Å². The maximum atomic E-state index is 9.48. The third kappa shape index (κ3) is 8.32. The first-order valence-corrected chi connectivity index (χ1v) is 19.6. The number of thiophene rings is 1. The van der Waals surface area contributed by atoms with Crippen molar-refractivity contribution in [1.82, 2.24) is 0 Å². The molecule has 0 saturated carbocycles. The Labute approximate surface area is 275 Å². The molecule has 6 nitrogen and oxygen atoms in total. The summed E-state index contributed by atoms with van der Waals surface area (Å²) < 4.78 is 19.3. The fourth-order valence-corrected chi connectivity index (χ4v) is 11.6. The summed E-state index contributed by atoms with van der Waals surface area (Å²) >= 11 is 1.53. The summed E-state index contributed by atoms with van der Waals surface area (Å²) in [6.07, 6.45) is 11.1. The van der Waals surface area contributed by atoms with Crippen LogP contribution < -0.4 is 8.19 Å².